The van der Waals surface area contributed by atoms with Crippen molar-refractivity contribution in [3.63, 3.8) is 0 Å². The van der Waals surface area contributed by atoms with Crippen LogP contribution in [0.5, 0.6) is 0 Å². The second-order valence-corrected chi connectivity index (χ2v) is 4.59. The minimum Gasteiger partial charge on any atom is -0.394 e. The van der Waals surface area contributed by atoms with Gasteiger partial charge < -0.3 is 20.1 Å². The van der Waals surface area contributed by atoms with Crippen molar-refractivity contribution in [1.82, 2.24) is 4.98 Å². The number of amides is 1. The van der Waals surface area contributed by atoms with Crippen molar-refractivity contribution >= 4 is 17.9 Å². The molecule has 8 heteroatoms. The molecule has 2 heterocycles. The van der Waals surface area contributed by atoms with E-state index >= 15 is 0 Å². The summed E-state index contributed by atoms with van der Waals surface area (Å²) in [5.74, 6) is -0.0373. The van der Waals surface area contributed by atoms with Crippen molar-refractivity contribution in [2.24, 2.45) is 5.10 Å². The van der Waals surface area contributed by atoms with Gasteiger partial charge in [-0.15, -0.1) is 0 Å². The van der Waals surface area contributed by atoms with Gasteiger partial charge in [0.2, 0.25) is 5.91 Å². The van der Waals surface area contributed by atoms with Gasteiger partial charge in [-0.2, -0.15) is 10.1 Å². The lowest BCUT2D eigenvalue weighted by atomic mass is 10.1. The largest absolute Gasteiger partial charge is 0.394 e. The van der Waals surface area contributed by atoms with Crippen molar-refractivity contribution in [3.8, 4) is 0 Å². The number of aromatic nitrogens is 1. The topological polar surface area (TPSA) is 115 Å². The van der Waals surface area contributed by atoms with Gasteiger partial charge in [0.25, 0.3) is 0 Å². The number of pyridine rings is 1. The Hall–Kier alpha value is -1.87. The van der Waals surface area contributed by atoms with E-state index < -0.39 is 31.0 Å². The lowest BCUT2D eigenvalue weighted by Gasteiger charge is -2.15. The molecule has 4 atom stereocenters. The molecular weight excluding hydrogens is 278 g/mol. The van der Waals surface area contributed by atoms with E-state index in [2.05, 4.69) is 10.1 Å². The molecule has 0 bridgehead atoms. The summed E-state index contributed by atoms with van der Waals surface area (Å²) in [5, 5.41) is 33.4. The summed E-state index contributed by atoms with van der Waals surface area (Å²) in [4.78, 5) is 15.6. The molecule has 1 aromatic rings. The summed E-state index contributed by atoms with van der Waals surface area (Å²) in [6, 6.07) is 5.02. The van der Waals surface area contributed by atoms with Crippen LogP contribution in [-0.2, 0) is 9.53 Å². The summed E-state index contributed by atoms with van der Waals surface area (Å²) in [5.41, 5.74) is 0. The smallest absolute Gasteiger partial charge is 0.245 e. The molecule has 0 unspecified atom stereocenters. The monoisotopic (exact) mass is 295 g/mol. The lowest BCUT2D eigenvalue weighted by molar-refractivity contribution is -0.116. The Labute approximate surface area is 121 Å². The molecule has 8 nitrogen and oxygen atoms in total. The van der Waals surface area contributed by atoms with E-state index in [4.69, 9.17) is 9.84 Å². The highest BCUT2D eigenvalue weighted by Crippen LogP contribution is 2.20. The maximum Gasteiger partial charge on any atom is 0.245 e. The zero-order valence-corrected chi connectivity index (χ0v) is 11.4. The first kappa shape index (κ1) is 15.5. The molecule has 3 N–H and O–H groups in total. The van der Waals surface area contributed by atoms with Crippen LogP contribution in [0, 0.1) is 0 Å². The fourth-order valence-corrected chi connectivity index (χ4v) is 1.96. The van der Waals surface area contributed by atoms with Gasteiger partial charge in [-0.1, -0.05) is 6.07 Å². The second-order valence-electron chi connectivity index (χ2n) is 4.59. The van der Waals surface area contributed by atoms with Crippen LogP contribution in [0.2, 0.25) is 0 Å². The number of carbonyl (C=O) groups is 1. The van der Waals surface area contributed by atoms with Gasteiger partial charge in [0.15, 0.2) is 5.82 Å². The van der Waals surface area contributed by atoms with E-state index in [1.807, 2.05) is 0 Å². The third kappa shape index (κ3) is 3.42. The third-order valence-corrected chi connectivity index (χ3v) is 3.07. The Balaban J connectivity index is 2.13. The van der Waals surface area contributed by atoms with Crippen LogP contribution in [0.25, 0.3) is 0 Å². The second kappa shape index (κ2) is 6.72. The van der Waals surface area contributed by atoms with Crippen LogP contribution in [-0.4, -0.2) is 63.4 Å². The molecule has 1 aliphatic rings. The fourth-order valence-electron chi connectivity index (χ4n) is 1.96. The lowest BCUT2D eigenvalue weighted by Crippen LogP contribution is -2.34. The zero-order valence-electron chi connectivity index (χ0n) is 11.4. The predicted octanol–water partition coefficient (Wildman–Crippen LogP) is -1.10. The van der Waals surface area contributed by atoms with Gasteiger partial charge in [-0.25, -0.2) is 4.98 Å². The first-order valence-corrected chi connectivity index (χ1v) is 6.43. The Bertz CT molecular complexity index is 510. The van der Waals surface area contributed by atoms with Gasteiger partial charge in [-0.3, -0.25) is 4.79 Å². The van der Waals surface area contributed by atoms with Crippen LogP contribution in [0.1, 0.15) is 6.92 Å². The van der Waals surface area contributed by atoms with Crippen molar-refractivity contribution < 1.29 is 24.9 Å². The van der Waals surface area contributed by atoms with E-state index in [-0.39, 0.29) is 5.91 Å². The maximum atomic E-state index is 11.6. The van der Waals surface area contributed by atoms with Crippen molar-refractivity contribution in [2.45, 2.75) is 31.3 Å². The third-order valence-electron chi connectivity index (χ3n) is 3.07. The summed E-state index contributed by atoms with van der Waals surface area (Å²) < 4.78 is 5.24. The summed E-state index contributed by atoms with van der Waals surface area (Å²) in [7, 11) is 0. The van der Waals surface area contributed by atoms with E-state index in [9.17, 15) is 15.0 Å². The first-order valence-electron chi connectivity index (χ1n) is 6.43. The average molecular weight is 295 g/mol. The molecule has 2 rings (SSSR count). The van der Waals surface area contributed by atoms with E-state index in [1.54, 1.807) is 18.2 Å². The molecule has 0 saturated carbocycles. The minimum atomic E-state index is -1.22. The minimum absolute atomic E-state index is 0.327. The maximum absolute atomic E-state index is 11.6. The molecule has 0 spiro atoms. The zero-order chi connectivity index (χ0) is 15.4. The van der Waals surface area contributed by atoms with Crippen molar-refractivity contribution in [1.29, 1.82) is 0 Å². The number of carbonyl (C=O) groups excluding carboxylic acids is 1. The van der Waals surface area contributed by atoms with Gasteiger partial charge >= 0.3 is 0 Å². The molecule has 1 amide bonds. The number of hydrogen-bond donors (Lipinski definition) is 3. The van der Waals surface area contributed by atoms with Gasteiger partial charge in [0.1, 0.15) is 24.4 Å². The summed E-state index contributed by atoms with van der Waals surface area (Å²) in [6.07, 6.45) is -1.48. The quantitative estimate of drug-likeness (QED) is 0.480. The van der Waals surface area contributed by atoms with Crippen molar-refractivity contribution in [3.05, 3.63) is 24.4 Å². The van der Waals surface area contributed by atoms with E-state index in [0.29, 0.717) is 5.82 Å². The van der Waals surface area contributed by atoms with Gasteiger partial charge in [-0.05, 0) is 12.1 Å². The molecular formula is C13H17N3O5. The van der Waals surface area contributed by atoms with Crippen LogP contribution in [0.3, 0.4) is 0 Å². The number of hydrazone groups is 1. The Morgan fingerprint density at radius 2 is 2.24 bits per heavy atom. The van der Waals surface area contributed by atoms with Crippen LogP contribution in [0.15, 0.2) is 29.5 Å². The summed E-state index contributed by atoms with van der Waals surface area (Å²) >= 11 is 0. The molecule has 0 aliphatic carbocycles. The highest BCUT2D eigenvalue weighted by molar-refractivity contribution is 5.91. The average Bonchev–Trinajstić information content (AvgIpc) is 2.76. The van der Waals surface area contributed by atoms with Gasteiger partial charge in [0.05, 0.1) is 12.8 Å². The number of rotatable bonds is 4. The standard InChI is InChI=1S/C13H17N3O5/c1-8(18)16(11-4-2-3-5-14-11)15-6-9-12(19)13(20)10(7-17)21-9/h2-6,9-10,12-13,17,19-20H,7H2,1H3/b15-6+/t9-,10-,12-,13-/m1/s1. The number of nitrogens with zero attached hydrogens (tertiary/aromatic N) is 3. The van der Waals surface area contributed by atoms with Crippen LogP contribution >= 0.6 is 0 Å². The fraction of sp³-hybridized carbons (Fsp3) is 0.462. The Kier molecular flexibility index (Phi) is 4.97. The molecule has 1 aromatic heterocycles. The SMILES string of the molecule is CC(=O)N(/N=C/[C@H]1O[C@H](CO)[C@@H](O)[C@@H]1O)c1ccccn1. The van der Waals surface area contributed by atoms with Crippen molar-refractivity contribution in [2.75, 3.05) is 11.6 Å². The highest BCUT2D eigenvalue weighted by Gasteiger charge is 2.41. The molecule has 1 aliphatic heterocycles. The van der Waals surface area contributed by atoms with E-state index in [1.165, 1.54) is 19.3 Å². The van der Waals surface area contributed by atoms with Gasteiger partial charge in [0, 0.05) is 13.1 Å². The van der Waals surface area contributed by atoms with E-state index in [0.717, 1.165) is 5.01 Å². The number of ether oxygens (including phenoxy) is 1. The molecule has 1 fully saturated rings. The Morgan fingerprint density at radius 3 is 2.76 bits per heavy atom. The van der Waals surface area contributed by atoms with Crippen LogP contribution < -0.4 is 5.01 Å². The molecule has 114 valence electrons. The number of aliphatic hydroxyl groups is 3. The summed E-state index contributed by atoms with van der Waals surface area (Å²) in [6.45, 7) is 0.905. The highest BCUT2D eigenvalue weighted by atomic mass is 16.6. The molecule has 0 aromatic carbocycles. The normalized spacial score (nSPS) is 29.0. The predicted molar refractivity (Wildman–Crippen MR) is 73.6 cm³/mol. The molecule has 21 heavy (non-hydrogen) atoms. The first-order chi connectivity index (χ1) is 10.0. The number of anilines is 1. The molecule has 0 radical (unpaired) electrons. The van der Waals surface area contributed by atoms with Crippen LogP contribution in [0.4, 0.5) is 5.82 Å². The Morgan fingerprint density at radius 1 is 1.48 bits per heavy atom. The number of hydrogen-bond acceptors (Lipinski definition) is 7. The number of aliphatic hydroxyl groups excluding tert-OH is 3. The molecule has 1 saturated heterocycles.